The van der Waals surface area contributed by atoms with Crippen molar-refractivity contribution in [1.82, 2.24) is 9.47 Å². The van der Waals surface area contributed by atoms with E-state index in [9.17, 15) is 4.39 Å². The van der Waals surface area contributed by atoms with E-state index in [1.165, 1.54) is 68.6 Å². The number of benzene rings is 1. The Labute approximate surface area is 144 Å². The lowest BCUT2D eigenvalue weighted by molar-refractivity contribution is 0.168. The summed E-state index contributed by atoms with van der Waals surface area (Å²) in [5.41, 5.74) is 5.46. The third-order valence-electron chi connectivity index (χ3n) is 5.71. The second-order valence-electron chi connectivity index (χ2n) is 7.22. The number of hydrogen-bond donors (Lipinski definition) is 0. The zero-order valence-electron chi connectivity index (χ0n) is 14.6. The summed E-state index contributed by atoms with van der Waals surface area (Å²) in [5, 5.41) is 0. The highest BCUT2D eigenvalue weighted by Crippen LogP contribution is 2.37. The standard InChI is InChI=1S/C21H27FN2/c1-2-21(23-13-5-6-14-23)24-19-8-4-3-7-17(19)15-20(24)16-9-11-18(22)12-10-16/h9-12,15,21H,2-8,13-14H2,1H3. The van der Waals surface area contributed by atoms with Gasteiger partial charge in [0.15, 0.2) is 0 Å². The number of aryl methyl sites for hydroxylation is 1. The van der Waals surface area contributed by atoms with Crippen LogP contribution in [0, 0.1) is 5.82 Å². The van der Waals surface area contributed by atoms with Crippen molar-refractivity contribution in [2.75, 3.05) is 13.1 Å². The average Bonchev–Trinajstić information content (AvgIpc) is 3.25. The second kappa shape index (κ2) is 6.72. The molecule has 1 atom stereocenters. The Kier molecular flexibility index (Phi) is 4.45. The minimum Gasteiger partial charge on any atom is -0.328 e. The maximum Gasteiger partial charge on any atom is 0.123 e. The molecule has 0 bridgehead atoms. The molecule has 0 amide bonds. The zero-order chi connectivity index (χ0) is 16.5. The van der Waals surface area contributed by atoms with Crippen LogP contribution >= 0.6 is 0 Å². The predicted molar refractivity (Wildman–Crippen MR) is 96.6 cm³/mol. The van der Waals surface area contributed by atoms with Gasteiger partial charge in [0.2, 0.25) is 0 Å². The lowest BCUT2D eigenvalue weighted by Gasteiger charge is -2.32. The van der Waals surface area contributed by atoms with Crippen LogP contribution in [0.1, 0.15) is 56.5 Å². The normalized spacial score (nSPS) is 19.4. The van der Waals surface area contributed by atoms with E-state index in [4.69, 9.17) is 0 Å². The lowest BCUT2D eigenvalue weighted by atomic mass is 9.98. The fourth-order valence-electron chi connectivity index (χ4n) is 4.55. The summed E-state index contributed by atoms with van der Waals surface area (Å²) in [6.45, 7) is 4.70. The van der Waals surface area contributed by atoms with Crippen LogP contribution in [0.4, 0.5) is 4.39 Å². The van der Waals surface area contributed by atoms with E-state index in [1.807, 2.05) is 12.1 Å². The van der Waals surface area contributed by atoms with E-state index >= 15 is 0 Å². The minimum atomic E-state index is -0.159. The molecule has 3 heteroatoms. The number of hydrogen-bond acceptors (Lipinski definition) is 1. The maximum atomic E-state index is 13.4. The van der Waals surface area contributed by atoms with Gasteiger partial charge in [0.1, 0.15) is 5.82 Å². The van der Waals surface area contributed by atoms with Gasteiger partial charge in [0, 0.05) is 24.5 Å². The smallest absolute Gasteiger partial charge is 0.123 e. The molecule has 2 heterocycles. The molecule has 1 aromatic heterocycles. The number of fused-ring (bicyclic) bond motifs is 1. The summed E-state index contributed by atoms with van der Waals surface area (Å²) in [4.78, 5) is 2.64. The predicted octanol–water partition coefficient (Wildman–Crippen LogP) is 5.18. The van der Waals surface area contributed by atoms with Crippen LogP contribution in [0.2, 0.25) is 0 Å². The number of halogens is 1. The largest absolute Gasteiger partial charge is 0.328 e. The van der Waals surface area contributed by atoms with Crippen molar-refractivity contribution in [3.63, 3.8) is 0 Å². The summed E-state index contributed by atoms with van der Waals surface area (Å²) in [6, 6.07) is 9.41. The molecular formula is C21H27FN2. The van der Waals surface area contributed by atoms with Gasteiger partial charge in [-0.25, -0.2) is 4.39 Å². The van der Waals surface area contributed by atoms with Crippen molar-refractivity contribution in [3.05, 3.63) is 47.4 Å². The minimum absolute atomic E-state index is 0.159. The fraction of sp³-hybridized carbons (Fsp3) is 0.524. The molecule has 0 saturated carbocycles. The van der Waals surface area contributed by atoms with Crippen molar-refractivity contribution < 1.29 is 4.39 Å². The van der Waals surface area contributed by atoms with Crippen molar-refractivity contribution in [1.29, 1.82) is 0 Å². The van der Waals surface area contributed by atoms with Gasteiger partial charge in [-0.15, -0.1) is 0 Å². The molecule has 0 spiro atoms. The van der Waals surface area contributed by atoms with Crippen molar-refractivity contribution in [2.45, 2.75) is 58.0 Å². The fourth-order valence-corrected chi connectivity index (χ4v) is 4.55. The molecule has 4 rings (SSSR count). The summed E-state index contributed by atoms with van der Waals surface area (Å²) in [5.74, 6) is -0.159. The second-order valence-corrected chi connectivity index (χ2v) is 7.22. The number of likely N-dealkylation sites (tertiary alicyclic amines) is 1. The summed E-state index contributed by atoms with van der Waals surface area (Å²) >= 11 is 0. The van der Waals surface area contributed by atoms with Gasteiger partial charge in [-0.3, -0.25) is 4.90 Å². The molecule has 24 heavy (non-hydrogen) atoms. The third kappa shape index (κ3) is 2.79. The molecule has 1 fully saturated rings. The highest BCUT2D eigenvalue weighted by molar-refractivity contribution is 5.63. The summed E-state index contributed by atoms with van der Waals surface area (Å²) < 4.78 is 16.0. The molecule has 2 aromatic rings. The number of nitrogens with zero attached hydrogens (tertiary/aromatic N) is 2. The van der Waals surface area contributed by atoms with Crippen LogP contribution in [0.15, 0.2) is 30.3 Å². The van der Waals surface area contributed by atoms with Gasteiger partial charge in [-0.1, -0.05) is 6.92 Å². The Bertz CT molecular complexity index is 695. The quantitative estimate of drug-likeness (QED) is 0.752. The van der Waals surface area contributed by atoms with E-state index in [2.05, 4.69) is 22.5 Å². The van der Waals surface area contributed by atoms with E-state index < -0.39 is 0 Å². The third-order valence-corrected chi connectivity index (χ3v) is 5.71. The van der Waals surface area contributed by atoms with Crippen molar-refractivity contribution in [2.24, 2.45) is 0 Å². The Morgan fingerprint density at radius 1 is 1.00 bits per heavy atom. The topological polar surface area (TPSA) is 8.17 Å². The molecule has 1 aromatic carbocycles. The van der Waals surface area contributed by atoms with Crippen LogP contribution in [-0.2, 0) is 12.8 Å². The first-order chi connectivity index (χ1) is 11.8. The van der Waals surface area contributed by atoms with Crippen LogP contribution in [-0.4, -0.2) is 22.6 Å². The molecule has 2 nitrogen and oxygen atoms in total. The monoisotopic (exact) mass is 326 g/mol. The first kappa shape index (κ1) is 15.9. The highest BCUT2D eigenvalue weighted by atomic mass is 19.1. The van der Waals surface area contributed by atoms with Crippen LogP contribution in [0.3, 0.4) is 0 Å². The van der Waals surface area contributed by atoms with Gasteiger partial charge >= 0.3 is 0 Å². The average molecular weight is 326 g/mol. The number of rotatable bonds is 4. The maximum absolute atomic E-state index is 13.4. The molecular weight excluding hydrogens is 299 g/mol. The highest BCUT2D eigenvalue weighted by Gasteiger charge is 2.28. The molecule has 0 radical (unpaired) electrons. The van der Waals surface area contributed by atoms with Gasteiger partial charge in [0.25, 0.3) is 0 Å². The lowest BCUT2D eigenvalue weighted by Crippen LogP contribution is -2.31. The van der Waals surface area contributed by atoms with Crippen molar-refractivity contribution >= 4 is 0 Å². The molecule has 2 aliphatic rings. The van der Waals surface area contributed by atoms with Gasteiger partial charge in [0.05, 0.1) is 6.17 Å². The SMILES string of the molecule is CCC(N1CCCC1)n1c(-c2ccc(F)cc2)cc2c1CCCC2. The van der Waals surface area contributed by atoms with Gasteiger partial charge < -0.3 is 4.57 Å². The van der Waals surface area contributed by atoms with E-state index in [0.717, 1.165) is 12.0 Å². The van der Waals surface area contributed by atoms with Gasteiger partial charge in [-0.05, 0) is 86.4 Å². The zero-order valence-corrected chi connectivity index (χ0v) is 14.6. The molecule has 1 saturated heterocycles. The molecule has 128 valence electrons. The van der Waals surface area contributed by atoms with Gasteiger partial charge in [-0.2, -0.15) is 0 Å². The Morgan fingerprint density at radius 3 is 2.42 bits per heavy atom. The van der Waals surface area contributed by atoms with E-state index in [0.29, 0.717) is 6.17 Å². The first-order valence-corrected chi connectivity index (χ1v) is 9.51. The van der Waals surface area contributed by atoms with Crippen LogP contribution in [0.5, 0.6) is 0 Å². The Balaban J connectivity index is 1.83. The molecule has 0 N–H and O–H groups in total. The van der Waals surface area contributed by atoms with Crippen molar-refractivity contribution in [3.8, 4) is 11.3 Å². The number of aromatic nitrogens is 1. The van der Waals surface area contributed by atoms with E-state index in [1.54, 1.807) is 12.1 Å². The summed E-state index contributed by atoms with van der Waals surface area (Å²) in [7, 11) is 0. The Morgan fingerprint density at radius 2 is 1.71 bits per heavy atom. The molecule has 1 unspecified atom stereocenters. The van der Waals surface area contributed by atoms with Crippen LogP contribution in [0.25, 0.3) is 11.3 Å². The molecule has 1 aliphatic carbocycles. The Hall–Kier alpha value is -1.61. The van der Waals surface area contributed by atoms with Crippen LogP contribution < -0.4 is 0 Å². The first-order valence-electron chi connectivity index (χ1n) is 9.51. The van der Waals surface area contributed by atoms with E-state index in [-0.39, 0.29) is 5.82 Å². The summed E-state index contributed by atoms with van der Waals surface area (Å²) in [6.07, 6.45) is 9.13. The molecule has 1 aliphatic heterocycles.